The molecule has 0 atom stereocenters. The van der Waals surface area contributed by atoms with Crippen molar-refractivity contribution in [1.29, 1.82) is 0 Å². The summed E-state index contributed by atoms with van der Waals surface area (Å²) in [4.78, 5) is 0. The highest BCUT2D eigenvalue weighted by Crippen LogP contribution is 2.30. The summed E-state index contributed by atoms with van der Waals surface area (Å²) in [6, 6.07) is 9.59. The lowest BCUT2D eigenvalue weighted by Crippen LogP contribution is -1.98. The Labute approximate surface area is 185 Å². The second kappa shape index (κ2) is 10.9. The largest absolute Gasteiger partial charge is 0.487 e. The lowest BCUT2D eigenvalue weighted by molar-refractivity contribution is 0.351. The van der Waals surface area contributed by atoms with Crippen LogP contribution in [0.2, 0.25) is 0 Å². The van der Waals surface area contributed by atoms with Crippen LogP contribution in [0.15, 0.2) is 67.8 Å². The molecule has 2 aromatic rings. The highest BCUT2D eigenvalue weighted by atomic mass is 32.2. The summed E-state index contributed by atoms with van der Waals surface area (Å²) >= 11 is 0. The van der Waals surface area contributed by atoms with Crippen molar-refractivity contribution >= 4 is 32.0 Å². The molecule has 0 aromatic heterocycles. The molecule has 32 heavy (non-hydrogen) atoms. The first kappa shape index (κ1) is 25.1. The van der Waals surface area contributed by atoms with Crippen molar-refractivity contribution in [2.45, 2.75) is 13.8 Å². The van der Waals surface area contributed by atoms with Gasteiger partial charge in [0.1, 0.15) is 36.1 Å². The first-order valence-corrected chi connectivity index (χ1v) is 11.6. The summed E-state index contributed by atoms with van der Waals surface area (Å²) in [5.41, 5.74) is 1.91. The third-order valence-electron chi connectivity index (χ3n) is 3.57. The molecule has 0 aliphatic heterocycles. The Kier molecular flexibility index (Phi) is 8.54. The molecule has 12 nitrogen and oxygen atoms in total. The second-order valence-corrected chi connectivity index (χ2v) is 8.41. The van der Waals surface area contributed by atoms with E-state index in [1.165, 1.54) is 12.1 Å². The summed E-state index contributed by atoms with van der Waals surface area (Å²) in [7, 11) is -9.23. The minimum absolute atomic E-state index is 0.0876. The van der Waals surface area contributed by atoms with Crippen LogP contribution in [0.4, 0.5) is 11.4 Å². The van der Waals surface area contributed by atoms with Crippen molar-refractivity contribution < 1.29 is 35.4 Å². The van der Waals surface area contributed by atoms with Gasteiger partial charge >= 0.3 is 20.6 Å². The van der Waals surface area contributed by atoms with Crippen LogP contribution < -0.4 is 9.47 Å². The van der Waals surface area contributed by atoms with Crippen LogP contribution in [0.1, 0.15) is 11.1 Å². The quantitative estimate of drug-likeness (QED) is 0.288. The molecular formula is C18H20N4O8S2. The fraction of sp³-hybridized carbons (Fsp3) is 0.222. The highest BCUT2D eigenvalue weighted by molar-refractivity contribution is 7.84. The summed E-state index contributed by atoms with van der Waals surface area (Å²) in [6.45, 7) is 3.78. The zero-order chi connectivity index (χ0) is 23.8. The monoisotopic (exact) mass is 484 g/mol. The van der Waals surface area contributed by atoms with Crippen LogP contribution in [-0.4, -0.2) is 39.2 Å². The average molecular weight is 485 g/mol. The molecule has 0 fully saturated rings. The number of nitrogens with zero attached hydrogens (tertiary/aromatic N) is 4. The van der Waals surface area contributed by atoms with Gasteiger partial charge in [-0.05, 0) is 70.4 Å². The van der Waals surface area contributed by atoms with E-state index >= 15 is 0 Å². The predicted molar refractivity (Wildman–Crippen MR) is 115 cm³/mol. The van der Waals surface area contributed by atoms with Gasteiger partial charge in [-0.3, -0.25) is 9.11 Å². The predicted octanol–water partition coefficient (Wildman–Crippen LogP) is 4.09. The highest BCUT2D eigenvalue weighted by Gasteiger charge is 2.07. The number of rotatable bonds is 10. The van der Waals surface area contributed by atoms with E-state index in [2.05, 4.69) is 19.3 Å². The standard InChI is InChI=1S/C18H20N4O8S2/c1-13-5-7-15(19-21-31(23,24)25)17(11-13)29-9-3-4-10-30-18-12-14(2)6-8-16(18)20-22-32(26,27)28/h3-8,11-12H,9-10H2,1-2H3,(H,23,24,25)(H,26,27,28). The van der Waals surface area contributed by atoms with Gasteiger partial charge in [-0.1, -0.05) is 12.1 Å². The SMILES string of the molecule is Cc1ccc(N=NS(=O)(=O)O)c(OCC=CCOc2cc(C)ccc2N=NS(=O)(=O)O)c1. The van der Waals surface area contributed by atoms with E-state index in [9.17, 15) is 16.8 Å². The normalized spacial score (nSPS) is 12.8. The van der Waals surface area contributed by atoms with Gasteiger partial charge in [0.2, 0.25) is 0 Å². The van der Waals surface area contributed by atoms with E-state index in [0.717, 1.165) is 11.1 Å². The fourth-order valence-corrected chi connectivity index (χ4v) is 2.62. The van der Waals surface area contributed by atoms with Gasteiger partial charge in [0, 0.05) is 0 Å². The van der Waals surface area contributed by atoms with E-state index in [1.807, 2.05) is 0 Å². The second-order valence-electron chi connectivity index (χ2n) is 6.29. The van der Waals surface area contributed by atoms with Crippen LogP contribution >= 0.6 is 0 Å². The first-order chi connectivity index (χ1) is 14.9. The molecular weight excluding hydrogens is 464 g/mol. The number of ether oxygens (including phenoxy) is 2. The molecule has 0 radical (unpaired) electrons. The van der Waals surface area contributed by atoms with Crippen LogP contribution in [0.3, 0.4) is 0 Å². The van der Waals surface area contributed by atoms with Crippen molar-refractivity contribution in [1.82, 2.24) is 0 Å². The number of hydrogen-bond donors (Lipinski definition) is 2. The van der Waals surface area contributed by atoms with Crippen molar-refractivity contribution in [3.05, 3.63) is 59.7 Å². The molecule has 0 saturated carbocycles. The summed E-state index contributed by atoms with van der Waals surface area (Å²) in [5, 5.41) is 6.92. The van der Waals surface area contributed by atoms with Gasteiger partial charge in [0.25, 0.3) is 0 Å². The maximum absolute atomic E-state index is 10.7. The summed E-state index contributed by atoms with van der Waals surface area (Å²) < 4.78 is 77.1. The minimum Gasteiger partial charge on any atom is -0.487 e. The number of hydrogen-bond acceptors (Lipinski definition) is 8. The molecule has 0 spiro atoms. The van der Waals surface area contributed by atoms with Gasteiger partial charge in [-0.2, -0.15) is 16.8 Å². The van der Waals surface area contributed by atoms with Crippen molar-refractivity contribution in [3.8, 4) is 11.5 Å². The topological polar surface area (TPSA) is 177 Å². The lowest BCUT2D eigenvalue weighted by Gasteiger charge is -2.08. The van der Waals surface area contributed by atoms with E-state index in [4.69, 9.17) is 18.6 Å². The maximum atomic E-state index is 10.7. The first-order valence-electron chi connectivity index (χ1n) is 8.86. The van der Waals surface area contributed by atoms with E-state index in [0.29, 0.717) is 0 Å². The molecule has 0 amide bonds. The van der Waals surface area contributed by atoms with Crippen LogP contribution in [0.5, 0.6) is 11.5 Å². The molecule has 14 heteroatoms. The fourth-order valence-electron chi connectivity index (χ4n) is 2.24. The van der Waals surface area contributed by atoms with E-state index in [1.54, 1.807) is 50.3 Å². The lowest BCUT2D eigenvalue weighted by atomic mass is 10.2. The summed E-state index contributed by atoms with van der Waals surface area (Å²) in [5.74, 6) is 0.518. The molecule has 172 valence electrons. The van der Waals surface area contributed by atoms with Gasteiger partial charge in [-0.25, -0.2) is 0 Å². The average Bonchev–Trinajstić information content (AvgIpc) is 2.68. The Balaban J connectivity index is 2.00. The van der Waals surface area contributed by atoms with Gasteiger partial charge in [0.05, 0.1) is 0 Å². The molecule has 0 aliphatic carbocycles. The van der Waals surface area contributed by atoms with Crippen LogP contribution in [0.25, 0.3) is 0 Å². The Morgan fingerprint density at radius 2 is 1.12 bits per heavy atom. The zero-order valence-electron chi connectivity index (χ0n) is 17.0. The van der Waals surface area contributed by atoms with Gasteiger partial charge < -0.3 is 9.47 Å². The van der Waals surface area contributed by atoms with Crippen molar-refractivity contribution in [2.75, 3.05) is 13.2 Å². The zero-order valence-corrected chi connectivity index (χ0v) is 18.6. The Hall–Kier alpha value is -3.20. The summed E-state index contributed by atoms with van der Waals surface area (Å²) in [6.07, 6.45) is 3.25. The molecule has 2 N–H and O–H groups in total. The molecule has 0 unspecified atom stereocenters. The van der Waals surface area contributed by atoms with Crippen molar-refractivity contribution in [3.63, 3.8) is 0 Å². The number of aryl methyl sites for hydroxylation is 2. The van der Waals surface area contributed by atoms with Gasteiger partial charge in [-0.15, -0.1) is 10.2 Å². The van der Waals surface area contributed by atoms with Crippen molar-refractivity contribution in [2.24, 2.45) is 19.3 Å². The Morgan fingerprint density at radius 3 is 1.47 bits per heavy atom. The van der Waals surface area contributed by atoms with E-state index < -0.39 is 20.6 Å². The molecule has 0 saturated heterocycles. The third-order valence-corrected chi connectivity index (χ3v) is 4.15. The Bertz CT molecular complexity index is 1160. The molecule has 2 aromatic carbocycles. The van der Waals surface area contributed by atoms with E-state index in [-0.39, 0.29) is 36.1 Å². The van der Waals surface area contributed by atoms with Crippen LogP contribution in [0, 0.1) is 13.8 Å². The molecule has 0 bridgehead atoms. The third kappa shape index (κ3) is 9.30. The number of benzene rings is 2. The van der Waals surface area contributed by atoms with Gasteiger partial charge in [0.15, 0.2) is 0 Å². The molecule has 0 heterocycles. The smallest absolute Gasteiger partial charge is 0.396 e. The minimum atomic E-state index is -4.62. The molecule has 0 aliphatic rings. The maximum Gasteiger partial charge on any atom is 0.396 e. The van der Waals surface area contributed by atoms with Crippen LogP contribution in [-0.2, 0) is 20.6 Å². The Morgan fingerprint density at radius 1 is 0.750 bits per heavy atom. The molecule has 2 rings (SSSR count).